The maximum absolute atomic E-state index is 12.4. The van der Waals surface area contributed by atoms with Gasteiger partial charge >= 0.3 is 0 Å². The van der Waals surface area contributed by atoms with Crippen molar-refractivity contribution in [2.45, 2.75) is 25.8 Å². The molecule has 0 saturated carbocycles. The highest BCUT2D eigenvalue weighted by Gasteiger charge is 2.19. The van der Waals surface area contributed by atoms with Crippen molar-refractivity contribution in [1.29, 1.82) is 0 Å². The standard InChI is InChI=1S/C15H22N2OS/c1-11(7-9-19-3)17(2)15(18)13-4-5-14-12(10-13)6-8-16-14/h4-5,10-11,16H,6-9H2,1-3H3. The molecule has 1 heterocycles. The molecule has 0 bridgehead atoms. The molecule has 3 nitrogen and oxygen atoms in total. The average molecular weight is 278 g/mol. The van der Waals surface area contributed by atoms with Crippen molar-refractivity contribution in [3.63, 3.8) is 0 Å². The van der Waals surface area contributed by atoms with Crippen LogP contribution in [0.5, 0.6) is 0 Å². The maximum atomic E-state index is 12.4. The molecule has 1 aromatic carbocycles. The molecule has 104 valence electrons. The molecule has 0 spiro atoms. The lowest BCUT2D eigenvalue weighted by molar-refractivity contribution is 0.0741. The van der Waals surface area contributed by atoms with Crippen molar-refractivity contribution < 1.29 is 4.79 Å². The van der Waals surface area contributed by atoms with Crippen LogP contribution in [-0.2, 0) is 6.42 Å². The van der Waals surface area contributed by atoms with Gasteiger partial charge in [0.25, 0.3) is 5.91 Å². The van der Waals surface area contributed by atoms with E-state index in [1.165, 1.54) is 11.3 Å². The number of anilines is 1. The van der Waals surface area contributed by atoms with Crippen LogP contribution in [0.15, 0.2) is 18.2 Å². The van der Waals surface area contributed by atoms with Crippen LogP contribution in [0.3, 0.4) is 0 Å². The predicted molar refractivity (Wildman–Crippen MR) is 83.2 cm³/mol. The molecule has 0 radical (unpaired) electrons. The largest absolute Gasteiger partial charge is 0.384 e. The molecule has 1 unspecified atom stereocenters. The Morgan fingerprint density at radius 2 is 2.32 bits per heavy atom. The number of carbonyl (C=O) groups excluding carboxylic acids is 1. The fraction of sp³-hybridized carbons (Fsp3) is 0.533. The van der Waals surface area contributed by atoms with Crippen LogP contribution in [0, 0.1) is 0 Å². The minimum Gasteiger partial charge on any atom is -0.384 e. The summed E-state index contributed by atoms with van der Waals surface area (Å²) in [6, 6.07) is 6.27. The summed E-state index contributed by atoms with van der Waals surface area (Å²) in [6.07, 6.45) is 4.15. The van der Waals surface area contributed by atoms with Gasteiger partial charge in [-0.2, -0.15) is 11.8 Å². The first-order valence-corrected chi connectivity index (χ1v) is 8.15. The highest BCUT2D eigenvalue weighted by atomic mass is 32.2. The van der Waals surface area contributed by atoms with Gasteiger partial charge in [0.15, 0.2) is 0 Å². The summed E-state index contributed by atoms with van der Waals surface area (Å²) in [5.74, 6) is 1.22. The van der Waals surface area contributed by atoms with Crippen molar-refractivity contribution >= 4 is 23.4 Å². The Morgan fingerprint density at radius 3 is 3.05 bits per heavy atom. The molecule has 2 rings (SSSR count). The second kappa shape index (κ2) is 6.33. The van der Waals surface area contributed by atoms with Gasteiger partial charge in [-0.1, -0.05) is 0 Å². The van der Waals surface area contributed by atoms with Crippen molar-refractivity contribution in [2.24, 2.45) is 0 Å². The van der Waals surface area contributed by atoms with Crippen LogP contribution in [0.2, 0.25) is 0 Å². The first-order chi connectivity index (χ1) is 9.13. The number of rotatable bonds is 5. The number of amides is 1. The quantitative estimate of drug-likeness (QED) is 0.899. The van der Waals surface area contributed by atoms with E-state index in [-0.39, 0.29) is 11.9 Å². The maximum Gasteiger partial charge on any atom is 0.253 e. The second-order valence-corrected chi connectivity index (χ2v) is 6.08. The van der Waals surface area contributed by atoms with E-state index in [0.717, 1.165) is 30.7 Å². The molecule has 1 amide bonds. The minimum atomic E-state index is 0.128. The first-order valence-electron chi connectivity index (χ1n) is 6.76. The summed E-state index contributed by atoms with van der Waals surface area (Å²) in [7, 11) is 1.90. The predicted octanol–water partition coefficient (Wildman–Crippen LogP) is 2.87. The fourth-order valence-corrected chi connectivity index (χ4v) is 2.90. The SMILES string of the molecule is CSCCC(C)N(C)C(=O)c1ccc2c(c1)CCN2. The Labute approximate surface area is 119 Å². The molecule has 1 aliphatic rings. The molecule has 0 aromatic heterocycles. The molecular weight excluding hydrogens is 256 g/mol. The molecule has 1 atom stereocenters. The van der Waals surface area contributed by atoms with Gasteiger partial charge in [-0.3, -0.25) is 4.79 Å². The molecule has 0 fully saturated rings. The number of carbonyl (C=O) groups is 1. The molecule has 1 aliphatic heterocycles. The minimum absolute atomic E-state index is 0.128. The molecular formula is C15H22N2OS. The van der Waals surface area contributed by atoms with Gasteiger partial charge in [0, 0.05) is 30.9 Å². The van der Waals surface area contributed by atoms with E-state index in [9.17, 15) is 4.79 Å². The molecule has 19 heavy (non-hydrogen) atoms. The third-order valence-corrected chi connectivity index (χ3v) is 4.43. The lowest BCUT2D eigenvalue weighted by atomic mass is 10.1. The van der Waals surface area contributed by atoms with Gasteiger partial charge in [-0.25, -0.2) is 0 Å². The summed E-state index contributed by atoms with van der Waals surface area (Å²) in [6.45, 7) is 3.09. The number of benzene rings is 1. The highest BCUT2D eigenvalue weighted by Crippen LogP contribution is 2.24. The van der Waals surface area contributed by atoms with Crippen LogP contribution in [0.1, 0.15) is 29.3 Å². The summed E-state index contributed by atoms with van der Waals surface area (Å²) in [5, 5.41) is 3.32. The van der Waals surface area contributed by atoms with Crippen molar-refractivity contribution in [1.82, 2.24) is 4.90 Å². The Morgan fingerprint density at radius 1 is 1.53 bits per heavy atom. The highest BCUT2D eigenvalue weighted by molar-refractivity contribution is 7.98. The number of hydrogen-bond donors (Lipinski definition) is 1. The summed E-state index contributed by atoms with van der Waals surface area (Å²) >= 11 is 1.82. The van der Waals surface area contributed by atoms with E-state index in [1.54, 1.807) is 0 Å². The summed E-state index contributed by atoms with van der Waals surface area (Å²) in [5.41, 5.74) is 3.24. The van der Waals surface area contributed by atoms with Crippen LogP contribution < -0.4 is 5.32 Å². The van der Waals surface area contributed by atoms with Gasteiger partial charge in [0.05, 0.1) is 0 Å². The third-order valence-electron chi connectivity index (χ3n) is 3.78. The first kappa shape index (κ1) is 14.3. The van der Waals surface area contributed by atoms with E-state index in [0.29, 0.717) is 0 Å². The Balaban J connectivity index is 2.06. The summed E-state index contributed by atoms with van der Waals surface area (Å²) < 4.78 is 0. The number of thioether (sulfide) groups is 1. The van der Waals surface area contributed by atoms with Crippen LogP contribution in [-0.4, -0.2) is 42.4 Å². The van der Waals surface area contributed by atoms with Crippen LogP contribution in [0.25, 0.3) is 0 Å². The van der Waals surface area contributed by atoms with E-state index in [2.05, 4.69) is 18.5 Å². The number of fused-ring (bicyclic) bond motifs is 1. The van der Waals surface area contributed by atoms with Gasteiger partial charge in [-0.15, -0.1) is 0 Å². The number of nitrogens with zero attached hydrogens (tertiary/aromatic N) is 1. The van der Waals surface area contributed by atoms with Crippen molar-refractivity contribution in [3.05, 3.63) is 29.3 Å². The Bertz CT molecular complexity index is 461. The van der Waals surface area contributed by atoms with Gasteiger partial charge in [-0.05, 0) is 55.5 Å². The van der Waals surface area contributed by atoms with Gasteiger partial charge < -0.3 is 10.2 Å². The molecule has 0 saturated heterocycles. The smallest absolute Gasteiger partial charge is 0.253 e. The third kappa shape index (κ3) is 3.24. The Hall–Kier alpha value is -1.16. The Kier molecular flexibility index (Phi) is 4.75. The lowest BCUT2D eigenvalue weighted by Crippen LogP contribution is -2.35. The van der Waals surface area contributed by atoms with Crippen molar-refractivity contribution in [3.8, 4) is 0 Å². The molecule has 0 aliphatic carbocycles. The van der Waals surface area contributed by atoms with Crippen molar-refractivity contribution in [2.75, 3.05) is 30.9 Å². The molecule has 1 aromatic rings. The lowest BCUT2D eigenvalue weighted by Gasteiger charge is -2.25. The fourth-order valence-electron chi connectivity index (χ4n) is 2.32. The van der Waals surface area contributed by atoms with Crippen LogP contribution in [0.4, 0.5) is 5.69 Å². The van der Waals surface area contributed by atoms with E-state index in [4.69, 9.17) is 0 Å². The monoisotopic (exact) mass is 278 g/mol. The zero-order valence-corrected chi connectivity index (χ0v) is 12.7. The number of hydrogen-bond acceptors (Lipinski definition) is 3. The molecule has 1 N–H and O–H groups in total. The van der Waals surface area contributed by atoms with Gasteiger partial charge in [0.1, 0.15) is 0 Å². The average Bonchev–Trinajstić information content (AvgIpc) is 2.90. The van der Waals surface area contributed by atoms with E-state index in [1.807, 2.05) is 41.9 Å². The van der Waals surface area contributed by atoms with E-state index < -0.39 is 0 Å². The van der Waals surface area contributed by atoms with Crippen LogP contribution >= 0.6 is 11.8 Å². The zero-order chi connectivity index (χ0) is 13.8. The number of nitrogens with one attached hydrogen (secondary N) is 1. The van der Waals surface area contributed by atoms with Gasteiger partial charge in [0.2, 0.25) is 0 Å². The molecule has 4 heteroatoms. The van der Waals surface area contributed by atoms with E-state index >= 15 is 0 Å². The topological polar surface area (TPSA) is 32.3 Å². The second-order valence-electron chi connectivity index (χ2n) is 5.10. The summed E-state index contributed by atoms with van der Waals surface area (Å²) in [4.78, 5) is 14.3. The normalized spacial score (nSPS) is 14.7. The zero-order valence-electron chi connectivity index (χ0n) is 11.9.